The molecule has 1 aromatic rings. The molecular formula is C17H23NO4. The number of piperidine rings is 1. The summed E-state index contributed by atoms with van der Waals surface area (Å²) in [6, 6.07) is 6.66. The van der Waals surface area contributed by atoms with Crippen LogP contribution in [0.4, 0.5) is 0 Å². The molecule has 1 aliphatic heterocycles. The van der Waals surface area contributed by atoms with Crippen molar-refractivity contribution in [2.24, 2.45) is 0 Å². The van der Waals surface area contributed by atoms with Gasteiger partial charge in [0.1, 0.15) is 11.8 Å². The molecule has 1 aromatic carbocycles. The summed E-state index contributed by atoms with van der Waals surface area (Å²) in [5.41, 5.74) is 0.646. The fourth-order valence-electron chi connectivity index (χ4n) is 2.83. The Morgan fingerprint density at radius 3 is 2.64 bits per heavy atom. The summed E-state index contributed by atoms with van der Waals surface area (Å²) in [5.74, 6) is 0.00648. The summed E-state index contributed by atoms with van der Waals surface area (Å²) in [5, 5.41) is 9.23. The molecule has 0 spiro atoms. The first-order valence-corrected chi connectivity index (χ1v) is 7.84. The third kappa shape index (κ3) is 4.31. The predicted molar refractivity (Wildman–Crippen MR) is 83.4 cm³/mol. The van der Waals surface area contributed by atoms with Crippen LogP contribution in [-0.2, 0) is 4.79 Å². The van der Waals surface area contributed by atoms with Gasteiger partial charge in [-0.25, -0.2) is 0 Å². The molecule has 0 amide bonds. The van der Waals surface area contributed by atoms with Gasteiger partial charge in [0.2, 0.25) is 0 Å². The number of benzene rings is 1. The van der Waals surface area contributed by atoms with E-state index in [1.165, 1.54) is 0 Å². The standard InChI is InChI=1S/C17H23NO4/c1-2-22-14-8-6-13(7-9-14)16(19)10-12-18-11-4-3-5-15(18)17(20)21/h6-9,15H,2-5,10-12H2,1H3,(H,20,21). The van der Waals surface area contributed by atoms with Crippen molar-refractivity contribution in [1.82, 2.24) is 4.90 Å². The Bertz CT molecular complexity index is 512. The molecule has 1 saturated heterocycles. The SMILES string of the molecule is CCOc1ccc(C(=O)CCN2CCCCC2C(=O)O)cc1. The van der Waals surface area contributed by atoms with Gasteiger partial charge in [0, 0.05) is 18.5 Å². The number of likely N-dealkylation sites (tertiary alicyclic amines) is 1. The van der Waals surface area contributed by atoms with E-state index in [1.807, 2.05) is 11.8 Å². The van der Waals surface area contributed by atoms with Crippen molar-refractivity contribution in [2.75, 3.05) is 19.7 Å². The summed E-state index contributed by atoms with van der Waals surface area (Å²) in [7, 11) is 0. The van der Waals surface area contributed by atoms with Crippen LogP contribution in [0.3, 0.4) is 0 Å². The molecule has 5 nitrogen and oxygen atoms in total. The number of hydrogen-bond acceptors (Lipinski definition) is 4. The van der Waals surface area contributed by atoms with Gasteiger partial charge in [-0.05, 0) is 50.6 Å². The smallest absolute Gasteiger partial charge is 0.320 e. The third-order valence-corrected chi connectivity index (χ3v) is 4.01. The molecule has 1 unspecified atom stereocenters. The first kappa shape index (κ1) is 16.5. The van der Waals surface area contributed by atoms with Gasteiger partial charge in [0.25, 0.3) is 0 Å². The van der Waals surface area contributed by atoms with Crippen LogP contribution in [0.1, 0.15) is 43.0 Å². The lowest BCUT2D eigenvalue weighted by Gasteiger charge is -2.32. The number of carbonyl (C=O) groups excluding carboxylic acids is 1. The van der Waals surface area contributed by atoms with Gasteiger partial charge in [0.15, 0.2) is 5.78 Å². The Morgan fingerprint density at radius 1 is 1.27 bits per heavy atom. The first-order chi connectivity index (χ1) is 10.6. The predicted octanol–water partition coefficient (Wildman–Crippen LogP) is 2.60. The zero-order valence-corrected chi connectivity index (χ0v) is 13.0. The van der Waals surface area contributed by atoms with Crippen LogP contribution in [0.5, 0.6) is 5.75 Å². The Kier molecular flexibility index (Phi) is 5.95. The molecule has 1 heterocycles. The van der Waals surface area contributed by atoms with E-state index in [9.17, 15) is 14.7 Å². The van der Waals surface area contributed by atoms with Crippen LogP contribution in [0.15, 0.2) is 24.3 Å². The van der Waals surface area contributed by atoms with Gasteiger partial charge in [-0.2, -0.15) is 0 Å². The van der Waals surface area contributed by atoms with Gasteiger partial charge < -0.3 is 9.84 Å². The van der Waals surface area contributed by atoms with Crippen molar-refractivity contribution >= 4 is 11.8 Å². The number of hydrogen-bond donors (Lipinski definition) is 1. The number of carboxylic acid groups (broad SMARTS) is 1. The van der Waals surface area contributed by atoms with Crippen LogP contribution >= 0.6 is 0 Å². The molecule has 1 fully saturated rings. The van der Waals surface area contributed by atoms with Gasteiger partial charge >= 0.3 is 5.97 Å². The highest BCUT2D eigenvalue weighted by Gasteiger charge is 2.28. The lowest BCUT2D eigenvalue weighted by atomic mass is 10.0. The average Bonchev–Trinajstić information content (AvgIpc) is 2.54. The molecule has 1 N–H and O–H groups in total. The van der Waals surface area contributed by atoms with Crippen molar-refractivity contribution in [3.8, 4) is 5.75 Å². The minimum Gasteiger partial charge on any atom is -0.494 e. The lowest BCUT2D eigenvalue weighted by molar-refractivity contribution is -0.144. The molecule has 1 aliphatic rings. The van der Waals surface area contributed by atoms with Crippen LogP contribution in [0, 0.1) is 0 Å². The summed E-state index contributed by atoms with van der Waals surface area (Å²) < 4.78 is 5.35. The maximum absolute atomic E-state index is 12.2. The normalized spacial score (nSPS) is 18.9. The van der Waals surface area contributed by atoms with Crippen LogP contribution in [0.25, 0.3) is 0 Å². The van der Waals surface area contributed by atoms with Crippen LogP contribution in [0.2, 0.25) is 0 Å². The molecule has 120 valence electrons. The minimum atomic E-state index is -0.784. The molecule has 2 rings (SSSR count). The van der Waals surface area contributed by atoms with E-state index in [2.05, 4.69) is 0 Å². The van der Waals surface area contributed by atoms with E-state index in [0.717, 1.165) is 25.1 Å². The van der Waals surface area contributed by atoms with Gasteiger partial charge in [0.05, 0.1) is 6.61 Å². The second-order valence-electron chi connectivity index (χ2n) is 5.52. The number of carbonyl (C=O) groups is 2. The Morgan fingerprint density at radius 2 is 2.00 bits per heavy atom. The third-order valence-electron chi connectivity index (χ3n) is 4.01. The lowest BCUT2D eigenvalue weighted by Crippen LogP contribution is -2.45. The first-order valence-electron chi connectivity index (χ1n) is 7.84. The quantitative estimate of drug-likeness (QED) is 0.784. The maximum Gasteiger partial charge on any atom is 0.320 e. The topological polar surface area (TPSA) is 66.8 Å². The van der Waals surface area contributed by atoms with Gasteiger partial charge in [-0.15, -0.1) is 0 Å². The molecule has 0 aromatic heterocycles. The summed E-state index contributed by atoms with van der Waals surface area (Å²) >= 11 is 0. The molecular weight excluding hydrogens is 282 g/mol. The molecule has 0 saturated carbocycles. The van der Waals surface area contributed by atoms with Crippen LogP contribution in [-0.4, -0.2) is 47.5 Å². The second kappa shape index (κ2) is 7.94. The van der Waals surface area contributed by atoms with E-state index in [-0.39, 0.29) is 5.78 Å². The fourth-order valence-corrected chi connectivity index (χ4v) is 2.83. The molecule has 22 heavy (non-hydrogen) atoms. The monoisotopic (exact) mass is 305 g/mol. The second-order valence-corrected chi connectivity index (χ2v) is 5.52. The zero-order chi connectivity index (χ0) is 15.9. The summed E-state index contributed by atoms with van der Waals surface area (Å²) in [6.07, 6.45) is 2.96. The highest BCUT2D eigenvalue weighted by Crippen LogP contribution is 2.18. The summed E-state index contributed by atoms with van der Waals surface area (Å²) in [6.45, 7) is 3.77. The Balaban J connectivity index is 1.89. The zero-order valence-electron chi connectivity index (χ0n) is 13.0. The molecule has 0 bridgehead atoms. The molecule has 5 heteroatoms. The van der Waals surface area contributed by atoms with E-state index in [1.54, 1.807) is 24.3 Å². The largest absolute Gasteiger partial charge is 0.494 e. The van der Waals surface area contributed by atoms with E-state index in [4.69, 9.17) is 4.74 Å². The number of aliphatic carboxylic acids is 1. The molecule has 0 radical (unpaired) electrons. The van der Waals surface area contributed by atoms with Crippen molar-refractivity contribution in [1.29, 1.82) is 0 Å². The van der Waals surface area contributed by atoms with Crippen molar-refractivity contribution in [3.63, 3.8) is 0 Å². The number of rotatable bonds is 7. The van der Waals surface area contributed by atoms with E-state index < -0.39 is 12.0 Å². The Hall–Kier alpha value is -1.88. The van der Waals surface area contributed by atoms with Crippen LogP contribution < -0.4 is 4.74 Å². The van der Waals surface area contributed by atoms with Gasteiger partial charge in [-0.3, -0.25) is 14.5 Å². The van der Waals surface area contributed by atoms with E-state index in [0.29, 0.717) is 31.6 Å². The Labute approximate surface area is 130 Å². The highest BCUT2D eigenvalue weighted by atomic mass is 16.5. The van der Waals surface area contributed by atoms with Gasteiger partial charge in [-0.1, -0.05) is 6.42 Å². The molecule has 1 atom stereocenters. The van der Waals surface area contributed by atoms with Crippen molar-refractivity contribution in [2.45, 2.75) is 38.6 Å². The van der Waals surface area contributed by atoms with E-state index >= 15 is 0 Å². The average molecular weight is 305 g/mol. The number of carboxylic acids is 1. The number of Topliss-reactive ketones (excluding diaryl/α,β-unsaturated/α-hetero) is 1. The highest BCUT2D eigenvalue weighted by molar-refractivity contribution is 5.96. The fraction of sp³-hybridized carbons (Fsp3) is 0.529. The molecule has 0 aliphatic carbocycles. The number of nitrogens with zero attached hydrogens (tertiary/aromatic N) is 1. The number of ketones is 1. The minimum absolute atomic E-state index is 0.0396. The summed E-state index contributed by atoms with van der Waals surface area (Å²) in [4.78, 5) is 25.4. The van der Waals surface area contributed by atoms with Crippen molar-refractivity contribution in [3.05, 3.63) is 29.8 Å². The maximum atomic E-state index is 12.2. The number of ether oxygens (including phenoxy) is 1. The van der Waals surface area contributed by atoms with Crippen molar-refractivity contribution < 1.29 is 19.4 Å².